The number of nitrogens with one attached hydrogen (secondary N) is 3. The molecule has 0 aliphatic rings. The van der Waals surface area contributed by atoms with Crippen LogP contribution in [0.15, 0.2) is 24.3 Å². The summed E-state index contributed by atoms with van der Waals surface area (Å²) in [6.45, 7) is 0. The molecule has 2 aromatic rings. The minimum absolute atomic E-state index is 0.0594. The van der Waals surface area contributed by atoms with E-state index in [1.807, 2.05) is 0 Å². The number of para-hydroxylation sites is 1. The third-order valence-electron chi connectivity index (χ3n) is 2.75. The zero-order valence-corrected chi connectivity index (χ0v) is 15.7. The Bertz CT molecular complexity index is 883. The van der Waals surface area contributed by atoms with E-state index in [2.05, 4.69) is 20.0 Å². The molecule has 2 amide bonds. The molecule has 2 rings (SSSR count). The van der Waals surface area contributed by atoms with E-state index in [0.29, 0.717) is 0 Å². The normalized spacial score (nSPS) is 10.8. The average molecular weight is 422 g/mol. The average Bonchev–Trinajstić information content (AvgIpc) is 2.57. The molecule has 26 heavy (non-hydrogen) atoms. The molecule has 0 fully saturated rings. The Morgan fingerprint density at radius 2 is 1.62 bits per heavy atom. The van der Waals surface area contributed by atoms with Gasteiger partial charge in [0.25, 0.3) is 0 Å². The number of amides is 2. The Morgan fingerprint density at radius 3 is 2.12 bits per heavy atom. The molecule has 140 valence electrons. The van der Waals surface area contributed by atoms with Gasteiger partial charge in [0.2, 0.25) is 17.7 Å². The number of nitrogens with zero attached hydrogens (tertiary/aromatic N) is 2. The maximum absolute atomic E-state index is 12.1. The number of ether oxygens (including phenoxy) is 2. The number of halogens is 2. The Morgan fingerprint density at radius 1 is 1.08 bits per heavy atom. The largest absolute Gasteiger partial charge is 0.481 e. The molecule has 0 bridgehead atoms. The van der Waals surface area contributed by atoms with Crippen molar-refractivity contribution in [3.63, 3.8) is 0 Å². The predicted octanol–water partition coefficient (Wildman–Crippen LogP) is 2.28. The van der Waals surface area contributed by atoms with Crippen LogP contribution in [0.2, 0.25) is 10.0 Å². The molecule has 0 aliphatic heterocycles. The second kappa shape index (κ2) is 8.25. The quantitative estimate of drug-likeness (QED) is 0.651. The van der Waals surface area contributed by atoms with Gasteiger partial charge in [-0.2, -0.15) is 18.4 Å². The molecule has 0 spiro atoms. The van der Waals surface area contributed by atoms with Crippen LogP contribution in [-0.2, 0) is 10.2 Å². The Kier molecular flexibility index (Phi) is 6.29. The summed E-state index contributed by atoms with van der Waals surface area (Å²) in [5, 5.41) is 2.26. The molecule has 0 atom stereocenters. The van der Waals surface area contributed by atoms with Gasteiger partial charge in [0.1, 0.15) is 0 Å². The van der Waals surface area contributed by atoms with Crippen molar-refractivity contribution < 1.29 is 22.7 Å². The number of hydrogen-bond donors (Lipinski definition) is 3. The van der Waals surface area contributed by atoms with Gasteiger partial charge >= 0.3 is 16.2 Å². The van der Waals surface area contributed by atoms with Crippen LogP contribution < -0.4 is 24.2 Å². The number of methoxy groups -OCH3 is 2. The highest BCUT2D eigenvalue weighted by Gasteiger charge is 2.19. The summed E-state index contributed by atoms with van der Waals surface area (Å²) in [4.78, 5) is 19.6. The number of benzene rings is 1. The molecular formula is C13H13Cl2N5O5S. The molecule has 0 saturated carbocycles. The van der Waals surface area contributed by atoms with Gasteiger partial charge < -0.3 is 9.47 Å². The van der Waals surface area contributed by atoms with Crippen LogP contribution >= 0.6 is 23.2 Å². The summed E-state index contributed by atoms with van der Waals surface area (Å²) in [6, 6.07) is 4.65. The van der Waals surface area contributed by atoms with Crippen LogP contribution in [0.5, 0.6) is 11.8 Å². The third kappa shape index (κ3) is 5.25. The van der Waals surface area contributed by atoms with Crippen molar-refractivity contribution in [2.75, 3.05) is 24.3 Å². The smallest absolute Gasteiger partial charge is 0.336 e. The lowest BCUT2D eigenvalue weighted by atomic mass is 10.3. The van der Waals surface area contributed by atoms with Crippen molar-refractivity contribution in [2.45, 2.75) is 0 Å². The van der Waals surface area contributed by atoms with Crippen LogP contribution in [0, 0.1) is 0 Å². The van der Waals surface area contributed by atoms with E-state index < -0.39 is 16.2 Å². The fraction of sp³-hybridized carbons (Fsp3) is 0.154. The summed E-state index contributed by atoms with van der Waals surface area (Å²) in [6.07, 6.45) is 0. The first-order chi connectivity index (χ1) is 12.2. The molecule has 1 heterocycles. The number of carbonyl (C=O) groups excluding carboxylic acids is 1. The molecule has 0 aliphatic carbocycles. The third-order valence-corrected chi connectivity index (χ3v) is 4.31. The Balaban J connectivity index is 2.11. The number of anilines is 2. The van der Waals surface area contributed by atoms with Crippen LogP contribution in [0.25, 0.3) is 0 Å². The molecular weight excluding hydrogens is 409 g/mol. The first kappa shape index (κ1) is 19.8. The van der Waals surface area contributed by atoms with Gasteiger partial charge in [-0.05, 0) is 12.1 Å². The lowest BCUT2D eigenvalue weighted by Gasteiger charge is -2.12. The summed E-state index contributed by atoms with van der Waals surface area (Å²) in [5.74, 6) is -0.0170. The van der Waals surface area contributed by atoms with Crippen molar-refractivity contribution in [1.82, 2.24) is 14.7 Å². The minimum atomic E-state index is -4.33. The van der Waals surface area contributed by atoms with E-state index in [1.54, 1.807) is 4.72 Å². The Labute approximate surface area is 159 Å². The second-order valence-electron chi connectivity index (χ2n) is 4.53. The van der Waals surface area contributed by atoms with Gasteiger partial charge in [-0.1, -0.05) is 29.3 Å². The first-order valence-electron chi connectivity index (χ1n) is 6.76. The number of carbonyl (C=O) groups is 1. The number of hydrogen-bond acceptors (Lipinski definition) is 7. The van der Waals surface area contributed by atoms with E-state index in [4.69, 9.17) is 32.7 Å². The Hall–Kier alpha value is -2.50. The SMILES string of the molecule is COc1cc(OC)nc(NC(=O)NS(=O)(=O)Nc2c(Cl)cccc2Cl)n1. The van der Waals surface area contributed by atoms with Crippen LogP contribution in [0.3, 0.4) is 0 Å². The van der Waals surface area contributed by atoms with E-state index in [9.17, 15) is 13.2 Å². The lowest BCUT2D eigenvalue weighted by molar-refractivity contribution is 0.256. The molecule has 3 N–H and O–H groups in total. The zero-order valence-electron chi connectivity index (χ0n) is 13.4. The molecule has 0 unspecified atom stereocenters. The van der Waals surface area contributed by atoms with Gasteiger partial charge in [-0.15, -0.1) is 0 Å². The van der Waals surface area contributed by atoms with Crippen molar-refractivity contribution in [3.8, 4) is 11.8 Å². The lowest BCUT2D eigenvalue weighted by Crippen LogP contribution is -2.38. The summed E-state index contributed by atoms with van der Waals surface area (Å²) < 4.78 is 37.7. The monoisotopic (exact) mass is 421 g/mol. The highest BCUT2D eigenvalue weighted by atomic mass is 35.5. The maximum atomic E-state index is 12.1. The second-order valence-corrected chi connectivity index (χ2v) is 6.76. The summed E-state index contributed by atoms with van der Waals surface area (Å²) in [7, 11) is -1.62. The van der Waals surface area contributed by atoms with Gasteiger partial charge in [-0.3, -0.25) is 10.0 Å². The molecule has 1 aromatic carbocycles. The van der Waals surface area contributed by atoms with Crippen LogP contribution in [0.4, 0.5) is 16.4 Å². The topological polar surface area (TPSA) is 132 Å². The molecule has 0 saturated heterocycles. The van der Waals surface area contributed by atoms with Crippen LogP contribution in [0.1, 0.15) is 0 Å². The predicted molar refractivity (Wildman–Crippen MR) is 96.3 cm³/mol. The fourth-order valence-electron chi connectivity index (χ4n) is 1.67. The minimum Gasteiger partial charge on any atom is -0.481 e. The van der Waals surface area contributed by atoms with Crippen molar-refractivity contribution in [2.24, 2.45) is 0 Å². The van der Waals surface area contributed by atoms with Crippen molar-refractivity contribution in [3.05, 3.63) is 34.3 Å². The van der Waals surface area contributed by atoms with Crippen molar-refractivity contribution >= 4 is 51.1 Å². The van der Waals surface area contributed by atoms with Gasteiger partial charge in [-0.25, -0.2) is 9.52 Å². The van der Waals surface area contributed by atoms with Crippen molar-refractivity contribution in [1.29, 1.82) is 0 Å². The van der Waals surface area contributed by atoms with E-state index in [0.717, 1.165) is 0 Å². The van der Waals surface area contributed by atoms with E-state index in [-0.39, 0.29) is 33.4 Å². The number of aromatic nitrogens is 2. The molecule has 10 nitrogen and oxygen atoms in total. The van der Waals surface area contributed by atoms with E-state index >= 15 is 0 Å². The van der Waals surface area contributed by atoms with Gasteiger partial charge in [0, 0.05) is 0 Å². The fourth-order valence-corrected chi connectivity index (χ4v) is 3.11. The van der Waals surface area contributed by atoms with Gasteiger partial charge in [0.05, 0.1) is 36.0 Å². The molecule has 0 radical (unpaired) electrons. The summed E-state index contributed by atoms with van der Waals surface area (Å²) >= 11 is 11.8. The zero-order chi connectivity index (χ0) is 19.3. The van der Waals surface area contributed by atoms with Crippen LogP contribution in [-0.4, -0.2) is 38.6 Å². The number of rotatable bonds is 6. The molecule has 1 aromatic heterocycles. The standard InChI is InChI=1S/C13H13Cl2N5O5S/c1-24-9-6-10(25-2)17-12(16-9)18-13(21)20-26(22,23)19-11-7(14)4-3-5-8(11)15/h3-6,19H,1-2H3,(H2,16,17,18,20,21). The highest BCUT2D eigenvalue weighted by molar-refractivity contribution is 7.91. The maximum Gasteiger partial charge on any atom is 0.336 e. The van der Waals surface area contributed by atoms with E-state index in [1.165, 1.54) is 38.5 Å². The number of urea groups is 1. The highest BCUT2D eigenvalue weighted by Crippen LogP contribution is 2.30. The molecule has 13 heteroatoms. The van der Waals surface area contributed by atoms with Gasteiger partial charge in [0.15, 0.2) is 0 Å². The summed E-state index contributed by atoms with van der Waals surface area (Å²) in [5.41, 5.74) is -0.0737. The first-order valence-corrected chi connectivity index (χ1v) is 9.00.